The normalized spacial score (nSPS) is 13.3. The molecule has 0 aromatic heterocycles. The zero-order valence-electron chi connectivity index (χ0n) is 21.8. The second-order valence-corrected chi connectivity index (χ2v) is 12.7. The van der Waals surface area contributed by atoms with E-state index >= 15 is 0 Å². The van der Waals surface area contributed by atoms with Crippen LogP contribution in [-0.2, 0) is 21.7 Å². The second-order valence-electron chi connectivity index (χ2n) is 12.7. The topological polar surface area (TPSA) is 30.5 Å². The summed E-state index contributed by atoms with van der Waals surface area (Å²) in [4.78, 5) is 12.4. The van der Waals surface area contributed by atoms with E-state index in [4.69, 9.17) is 9.68 Å². The zero-order chi connectivity index (χ0) is 23.8. The van der Waals surface area contributed by atoms with Crippen molar-refractivity contribution in [2.45, 2.75) is 105 Å². The van der Waals surface area contributed by atoms with Gasteiger partial charge in [-0.25, -0.2) is 0 Å². The van der Waals surface area contributed by atoms with Crippen LogP contribution in [0, 0.1) is 0 Å². The van der Waals surface area contributed by atoms with Gasteiger partial charge in [-0.15, -0.1) is 0 Å². The van der Waals surface area contributed by atoms with Gasteiger partial charge in [0.05, 0.1) is 0 Å². The van der Waals surface area contributed by atoms with Gasteiger partial charge in [0.1, 0.15) is 0 Å². The highest BCUT2D eigenvalue weighted by Gasteiger charge is 2.29. The van der Waals surface area contributed by atoms with Crippen molar-refractivity contribution in [3.8, 4) is 11.5 Å². The van der Waals surface area contributed by atoms with Gasteiger partial charge in [-0.1, -0.05) is 119 Å². The number of hydrogen-bond donors (Lipinski definition) is 1. The van der Waals surface area contributed by atoms with Gasteiger partial charge in [0.2, 0.25) is 0 Å². The van der Waals surface area contributed by atoms with Crippen molar-refractivity contribution in [2.75, 3.05) is 0 Å². The summed E-state index contributed by atoms with van der Waals surface area (Å²) < 4.78 is 0. The molecule has 2 aromatic rings. The van der Waals surface area contributed by atoms with Gasteiger partial charge in [-0.3, -0.25) is 0 Å². The molecule has 0 spiro atoms. The molecule has 2 rings (SSSR count). The molecule has 0 radical (unpaired) electrons. The third kappa shape index (κ3) is 6.04. The molecule has 3 heteroatoms. The molecule has 31 heavy (non-hydrogen) atoms. The molecule has 0 saturated heterocycles. The Kier molecular flexibility index (Phi) is 6.93. The van der Waals surface area contributed by atoms with Crippen molar-refractivity contribution < 1.29 is 9.68 Å². The molecular weight excluding hydrogens is 382 g/mol. The quantitative estimate of drug-likeness (QED) is 0.508. The molecule has 0 aliphatic rings. The number of rotatable bonds is 4. The fraction of sp³-hybridized carbons (Fsp3) is 0.571. The average molecular weight is 426 g/mol. The number of hydrogen-bond acceptors (Lipinski definition) is 3. The molecule has 0 saturated carbocycles. The average Bonchev–Trinajstić information content (AvgIpc) is 2.58. The van der Waals surface area contributed by atoms with Gasteiger partial charge in [-0.05, 0) is 21.7 Å². The molecule has 1 N–H and O–H groups in total. The molecule has 0 bridgehead atoms. The van der Waals surface area contributed by atoms with Gasteiger partial charge in [-0.2, -0.15) is 0 Å². The molecule has 2 aromatic carbocycles. The maximum atomic E-state index is 6.19. The van der Waals surface area contributed by atoms with E-state index in [0.717, 1.165) is 33.8 Å². The van der Waals surface area contributed by atoms with Crippen molar-refractivity contribution in [1.82, 2.24) is 5.64 Å². The molecule has 0 aliphatic carbocycles. The third-order valence-corrected chi connectivity index (χ3v) is 5.55. The van der Waals surface area contributed by atoms with Crippen molar-refractivity contribution in [1.29, 1.82) is 0 Å². The predicted octanol–water partition coefficient (Wildman–Crippen LogP) is 7.75. The SMILES string of the molecule is CC(C)(C)c1cccc(C(C)(C)C)c1ONOc1c(C(C)(C)C)cccc1C(C)(C)C. The summed E-state index contributed by atoms with van der Waals surface area (Å²) in [7, 11) is 0. The van der Waals surface area contributed by atoms with Crippen LogP contribution in [0.1, 0.15) is 105 Å². The molecule has 3 nitrogen and oxygen atoms in total. The lowest BCUT2D eigenvalue weighted by molar-refractivity contribution is -0.0241. The molecular formula is C28H43NO2. The Balaban J connectivity index is 2.47. The van der Waals surface area contributed by atoms with E-state index in [1.165, 1.54) is 0 Å². The Bertz CT molecular complexity index is 761. The lowest BCUT2D eigenvalue weighted by atomic mass is 9.79. The number of benzene rings is 2. The van der Waals surface area contributed by atoms with Crippen molar-refractivity contribution in [3.63, 3.8) is 0 Å². The van der Waals surface area contributed by atoms with Crippen molar-refractivity contribution >= 4 is 0 Å². The zero-order valence-corrected chi connectivity index (χ0v) is 21.8. The Morgan fingerprint density at radius 1 is 0.452 bits per heavy atom. The largest absolute Gasteiger partial charge is 0.373 e. The summed E-state index contributed by atoms with van der Waals surface area (Å²) in [6.07, 6.45) is 0. The number of nitrogens with one attached hydrogen (secondary N) is 1. The molecule has 172 valence electrons. The van der Waals surface area contributed by atoms with Crippen molar-refractivity contribution in [2.24, 2.45) is 0 Å². The fourth-order valence-electron chi connectivity index (χ4n) is 3.76. The minimum atomic E-state index is -0.0574. The lowest BCUT2D eigenvalue weighted by Gasteiger charge is -2.30. The molecule has 0 fully saturated rings. The monoisotopic (exact) mass is 425 g/mol. The van der Waals surface area contributed by atoms with Crippen LogP contribution in [-0.4, -0.2) is 0 Å². The summed E-state index contributed by atoms with van der Waals surface area (Å²) in [6.45, 7) is 26.4. The maximum Gasteiger partial charge on any atom is 0.158 e. The van der Waals surface area contributed by atoms with Crippen LogP contribution in [0.5, 0.6) is 11.5 Å². The van der Waals surface area contributed by atoms with Crippen LogP contribution < -0.4 is 15.3 Å². The summed E-state index contributed by atoms with van der Waals surface area (Å²) in [6, 6.07) is 12.8. The first kappa shape index (κ1) is 25.3. The van der Waals surface area contributed by atoms with E-state index in [-0.39, 0.29) is 21.7 Å². The Morgan fingerprint density at radius 2 is 0.677 bits per heavy atom. The molecule has 0 atom stereocenters. The highest BCUT2D eigenvalue weighted by molar-refractivity contribution is 5.49. The van der Waals surface area contributed by atoms with Crippen LogP contribution in [0.25, 0.3) is 0 Å². The van der Waals surface area contributed by atoms with Gasteiger partial charge in [0.25, 0.3) is 0 Å². The Hall–Kier alpha value is -2.00. The van der Waals surface area contributed by atoms with E-state index in [1.54, 1.807) is 0 Å². The summed E-state index contributed by atoms with van der Waals surface area (Å²) in [5.41, 5.74) is 7.24. The highest BCUT2D eigenvalue weighted by Crippen LogP contribution is 2.41. The smallest absolute Gasteiger partial charge is 0.158 e. The highest BCUT2D eigenvalue weighted by atomic mass is 16.9. The van der Waals surface area contributed by atoms with E-state index in [9.17, 15) is 0 Å². The lowest BCUT2D eigenvalue weighted by Crippen LogP contribution is -2.30. The molecule has 0 unspecified atom stereocenters. The maximum absolute atomic E-state index is 6.19. The summed E-state index contributed by atoms with van der Waals surface area (Å²) in [5, 5.41) is 0. The first-order valence-electron chi connectivity index (χ1n) is 11.3. The summed E-state index contributed by atoms with van der Waals surface area (Å²) in [5.74, 6) is 1.68. The second kappa shape index (κ2) is 8.50. The van der Waals surface area contributed by atoms with Crippen molar-refractivity contribution in [3.05, 3.63) is 58.7 Å². The van der Waals surface area contributed by atoms with E-state index in [1.807, 2.05) is 0 Å². The minimum absolute atomic E-state index is 0.0574. The fourth-order valence-corrected chi connectivity index (χ4v) is 3.76. The van der Waals surface area contributed by atoms with Gasteiger partial charge in [0.15, 0.2) is 11.5 Å². The van der Waals surface area contributed by atoms with Gasteiger partial charge >= 0.3 is 0 Å². The first-order valence-corrected chi connectivity index (χ1v) is 11.3. The van der Waals surface area contributed by atoms with Crippen LogP contribution >= 0.6 is 0 Å². The van der Waals surface area contributed by atoms with Crippen LogP contribution in [0.3, 0.4) is 0 Å². The molecule has 0 amide bonds. The van der Waals surface area contributed by atoms with Gasteiger partial charge in [0, 0.05) is 27.9 Å². The van der Waals surface area contributed by atoms with Crippen LogP contribution in [0.2, 0.25) is 0 Å². The number of para-hydroxylation sites is 2. The third-order valence-electron chi connectivity index (χ3n) is 5.55. The minimum Gasteiger partial charge on any atom is -0.373 e. The molecule has 0 heterocycles. The summed E-state index contributed by atoms with van der Waals surface area (Å²) >= 11 is 0. The molecule has 0 aliphatic heterocycles. The Labute approximate surface area is 190 Å². The standard InChI is InChI=1S/C28H43NO2/c1-25(2,3)19-15-13-16-20(26(4,5)6)23(19)30-29-31-24-21(27(7,8)9)17-14-18-22(24)28(10,11)12/h13-18,29H,1-12H3. The van der Waals surface area contributed by atoms with E-state index in [2.05, 4.69) is 125 Å². The van der Waals surface area contributed by atoms with Crippen LogP contribution in [0.15, 0.2) is 36.4 Å². The Morgan fingerprint density at radius 3 is 0.871 bits per heavy atom. The first-order chi connectivity index (χ1) is 13.9. The van der Waals surface area contributed by atoms with Gasteiger partial charge < -0.3 is 9.68 Å². The van der Waals surface area contributed by atoms with E-state index < -0.39 is 0 Å². The van der Waals surface area contributed by atoms with Crippen LogP contribution in [0.4, 0.5) is 0 Å². The van der Waals surface area contributed by atoms with E-state index in [0.29, 0.717) is 0 Å². The predicted molar refractivity (Wildman–Crippen MR) is 132 cm³/mol.